The molecule has 0 fully saturated rings. The van der Waals surface area contributed by atoms with E-state index in [-0.39, 0.29) is 11.5 Å². The van der Waals surface area contributed by atoms with Gasteiger partial charge < -0.3 is 4.74 Å². The van der Waals surface area contributed by atoms with E-state index in [0.717, 1.165) is 5.56 Å². The topological polar surface area (TPSA) is 55.4 Å². The highest BCUT2D eigenvalue weighted by atomic mass is 32.2. The van der Waals surface area contributed by atoms with Crippen molar-refractivity contribution in [2.75, 3.05) is 6.61 Å². The normalized spacial score (nSPS) is 16.0. The summed E-state index contributed by atoms with van der Waals surface area (Å²) in [4.78, 5) is 12.2. The van der Waals surface area contributed by atoms with Gasteiger partial charge in [-0.15, -0.1) is 0 Å². The van der Waals surface area contributed by atoms with E-state index in [1.807, 2.05) is 4.72 Å². The maximum atomic E-state index is 13.6. The molecule has 1 N–H and O–H groups in total. The van der Waals surface area contributed by atoms with Gasteiger partial charge in [0.25, 0.3) is 0 Å². The van der Waals surface area contributed by atoms with Gasteiger partial charge in [-0.25, -0.2) is 13.7 Å². The zero-order valence-electron chi connectivity index (χ0n) is 13.4. The van der Waals surface area contributed by atoms with Crippen LogP contribution in [0.5, 0.6) is 0 Å². The summed E-state index contributed by atoms with van der Waals surface area (Å²) in [6, 6.07) is 6.16. The predicted molar refractivity (Wildman–Crippen MR) is 81.0 cm³/mol. The van der Waals surface area contributed by atoms with Gasteiger partial charge in [-0.2, -0.15) is 13.2 Å². The van der Waals surface area contributed by atoms with Crippen molar-refractivity contribution >= 4 is 17.0 Å². The average Bonchev–Trinajstić information content (AvgIpc) is 2.43. The molecule has 0 saturated carbocycles. The second-order valence-corrected chi connectivity index (χ2v) is 6.58. The molecule has 1 rings (SSSR count). The number of halogens is 3. The molecule has 0 saturated heterocycles. The molecule has 23 heavy (non-hydrogen) atoms. The summed E-state index contributed by atoms with van der Waals surface area (Å²) in [6.45, 7) is 5.46. The Hall–Kier alpha value is -1.41. The maximum absolute atomic E-state index is 13.6. The number of carbonyl (C=O) groups is 1. The van der Waals surface area contributed by atoms with E-state index in [1.165, 1.54) is 32.9 Å². The number of alkyl halides is 3. The Morgan fingerprint density at radius 1 is 1.26 bits per heavy atom. The molecule has 1 unspecified atom stereocenters. The molecule has 8 heteroatoms. The number of aryl methyl sites for hydroxylation is 1. The molecule has 0 aromatic heterocycles. The van der Waals surface area contributed by atoms with Crippen molar-refractivity contribution in [2.24, 2.45) is 5.92 Å². The van der Waals surface area contributed by atoms with Crippen LogP contribution in [0.15, 0.2) is 29.2 Å². The van der Waals surface area contributed by atoms with Crippen LogP contribution in [0.25, 0.3) is 0 Å². The zero-order chi connectivity index (χ0) is 17.8. The van der Waals surface area contributed by atoms with Crippen LogP contribution in [0, 0.1) is 12.8 Å². The molecular weight excluding hydrogens is 331 g/mol. The average molecular weight is 351 g/mol. The third kappa shape index (κ3) is 4.11. The van der Waals surface area contributed by atoms with E-state index in [1.54, 1.807) is 19.1 Å². The number of rotatable bonds is 6. The van der Waals surface area contributed by atoms with Crippen LogP contribution < -0.4 is 4.72 Å². The molecule has 0 aliphatic rings. The van der Waals surface area contributed by atoms with Gasteiger partial charge in [-0.05, 0) is 31.9 Å². The molecule has 0 heterocycles. The minimum absolute atomic E-state index is 0.147. The van der Waals surface area contributed by atoms with Crippen LogP contribution in [0.1, 0.15) is 26.3 Å². The van der Waals surface area contributed by atoms with E-state index in [0.29, 0.717) is 0 Å². The highest BCUT2D eigenvalue weighted by molar-refractivity contribution is 7.83. The Morgan fingerprint density at radius 2 is 1.78 bits per heavy atom. The number of nitrogens with one attached hydrogen (secondary N) is 1. The van der Waals surface area contributed by atoms with Gasteiger partial charge >= 0.3 is 12.1 Å². The van der Waals surface area contributed by atoms with Crippen molar-refractivity contribution in [1.29, 1.82) is 0 Å². The second-order valence-electron chi connectivity index (χ2n) is 5.36. The largest absolute Gasteiger partial charge is 0.464 e. The number of hydrogen-bond donors (Lipinski definition) is 1. The molecular formula is C15H20F3NO3S. The fourth-order valence-corrected chi connectivity index (χ4v) is 3.24. The fraction of sp³-hybridized carbons (Fsp3) is 0.533. The third-order valence-electron chi connectivity index (χ3n) is 3.40. The quantitative estimate of drug-likeness (QED) is 0.801. The minimum atomic E-state index is -4.96. The van der Waals surface area contributed by atoms with Crippen molar-refractivity contribution in [3.05, 3.63) is 29.8 Å². The first kappa shape index (κ1) is 19.6. The smallest absolute Gasteiger partial charge is 0.418 e. The molecule has 0 spiro atoms. The molecule has 1 aromatic rings. The lowest BCUT2D eigenvalue weighted by Gasteiger charge is -2.36. The number of ether oxygens (including phenoxy) is 1. The Labute approximate surface area is 136 Å². The first-order valence-electron chi connectivity index (χ1n) is 7.06. The molecule has 130 valence electrons. The van der Waals surface area contributed by atoms with Crippen LogP contribution in [0.3, 0.4) is 0 Å². The summed E-state index contributed by atoms with van der Waals surface area (Å²) in [5.41, 5.74) is -2.17. The van der Waals surface area contributed by atoms with E-state index < -0.39 is 34.6 Å². The first-order valence-corrected chi connectivity index (χ1v) is 8.21. The predicted octanol–water partition coefficient (Wildman–Crippen LogP) is 3.13. The summed E-state index contributed by atoms with van der Waals surface area (Å²) < 4.78 is 59.8. The van der Waals surface area contributed by atoms with Gasteiger partial charge in [0, 0.05) is 0 Å². The fourth-order valence-electron chi connectivity index (χ4n) is 2.01. The second kappa shape index (κ2) is 7.44. The summed E-state index contributed by atoms with van der Waals surface area (Å²) in [5, 5.41) is 0. The number of esters is 1. The lowest BCUT2D eigenvalue weighted by Crippen LogP contribution is -2.66. The van der Waals surface area contributed by atoms with E-state index >= 15 is 0 Å². The van der Waals surface area contributed by atoms with Crippen LogP contribution in [-0.2, 0) is 20.5 Å². The van der Waals surface area contributed by atoms with E-state index in [9.17, 15) is 22.2 Å². The summed E-state index contributed by atoms with van der Waals surface area (Å²) in [6.07, 6.45) is -4.96. The SMILES string of the molecule is CCOC(=O)[C@@](NS(=O)c1ccc(C)cc1)(C(C)C)C(F)(F)F. The molecule has 4 nitrogen and oxygen atoms in total. The molecule has 0 aliphatic heterocycles. The van der Waals surface area contributed by atoms with Gasteiger partial charge in [0.15, 0.2) is 0 Å². The van der Waals surface area contributed by atoms with E-state index in [4.69, 9.17) is 0 Å². The molecule has 0 radical (unpaired) electrons. The Balaban J connectivity index is 3.26. The Kier molecular flexibility index (Phi) is 6.35. The molecule has 0 amide bonds. The van der Waals surface area contributed by atoms with Crippen molar-refractivity contribution < 1.29 is 26.9 Å². The Bertz CT molecular complexity index is 572. The van der Waals surface area contributed by atoms with E-state index in [2.05, 4.69) is 4.74 Å². The maximum Gasteiger partial charge on any atom is 0.418 e. The lowest BCUT2D eigenvalue weighted by molar-refractivity contribution is -0.218. The van der Waals surface area contributed by atoms with Crippen molar-refractivity contribution in [1.82, 2.24) is 4.72 Å². The summed E-state index contributed by atoms with van der Waals surface area (Å²) in [7, 11) is -2.22. The zero-order valence-corrected chi connectivity index (χ0v) is 14.2. The number of carbonyl (C=O) groups excluding carboxylic acids is 1. The van der Waals surface area contributed by atoms with Crippen LogP contribution in [-0.4, -0.2) is 28.5 Å². The Morgan fingerprint density at radius 3 is 2.17 bits per heavy atom. The minimum Gasteiger partial charge on any atom is -0.464 e. The standard InChI is InChI=1S/C15H20F3NO3S/c1-5-22-13(20)14(10(2)3,15(16,17)18)19-23(21)12-8-6-11(4)7-9-12/h6-10,19H,5H2,1-4H3/t14-,23?/m0/s1. The van der Waals surface area contributed by atoms with Gasteiger partial charge in [0.05, 0.1) is 11.5 Å². The first-order chi connectivity index (χ1) is 10.6. The van der Waals surface area contributed by atoms with Crippen molar-refractivity contribution in [2.45, 2.75) is 44.3 Å². The summed E-state index contributed by atoms with van der Waals surface area (Å²) >= 11 is 0. The molecule has 0 aliphatic carbocycles. The summed E-state index contributed by atoms with van der Waals surface area (Å²) in [5.74, 6) is -2.70. The van der Waals surface area contributed by atoms with Crippen molar-refractivity contribution in [3.63, 3.8) is 0 Å². The highest BCUT2D eigenvalue weighted by Gasteiger charge is 2.64. The molecule has 0 bridgehead atoms. The third-order valence-corrected chi connectivity index (χ3v) is 4.61. The number of hydrogen-bond acceptors (Lipinski definition) is 3. The number of benzene rings is 1. The lowest BCUT2D eigenvalue weighted by atomic mass is 9.87. The molecule has 1 aromatic carbocycles. The monoisotopic (exact) mass is 351 g/mol. The van der Waals surface area contributed by atoms with Crippen LogP contribution in [0.2, 0.25) is 0 Å². The van der Waals surface area contributed by atoms with Gasteiger partial charge in [-0.1, -0.05) is 31.5 Å². The van der Waals surface area contributed by atoms with Crippen LogP contribution in [0.4, 0.5) is 13.2 Å². The van der Waals surface area contributed by atoms with Gasteiger partial charge in [0.2, 0.25) is 5.54 Å². The van der Waals surface area contributed by atoms with Gasteiger partial charge in [-0.3, -0.25) is 0 Å². The molecule has 2 atom stereocenters. The van der Waals surface area contributed by atoms with Crippen LogP contribution >= 0.6 is 0 Å². The van der Waals surface area contributed by atoms with Crippen molar-refractivity contribution in [3.8, 4) is 0 Å². The highest BCUT2D eigenvalue weighted by Crippen LogP contribution is 2.38. The van der Waals surface area contributed by atoms with Gasteiger partial charge in [0.1, 0.15) is 11.0 Å².